The Morgan fingerprint density at radius 2 is 1.91 bits per heavy atom. The molecule has 1 aliphatic heterocycles. The van der Waals surface area contributed by atoms with Gasteiger partial charge in [-0.2, -0.15) is 5.10 Å². The van der Waals surface area contributed by atoms with Crippen LogP contribution < -0.4 is 9.62 Å². The molecular weight excluding hydrogens is 478 g/mol. The zero-order valence-electron chi connectivity index (χ0n) is 20.4. The van der Waals surface area contributed by atoms with Crippen LogP contribution in [0.2, 0.25) is 0 Å². The van der Waals surface area contributed by atoms with E-state index in [-0.39, 0.29) is 29.9 Å². The Kier molecular flexibility index (Phi) is 6.77. The van der Waals surface area contributed by atoms with Crippen molar-refractivity contribution in [1.82, 2.24) is 34.2 Å². The van der Waals surface area contributed by atoms with Crippen molar-refractivity contribution in [1.29, 1.82) is 0 Å². The van der Waals surface area contributed by atoms with Gasteiger partial charge in [0.1, 0.15) is 23.5 Å². The first-order valence-electron chi connectivity index (χ1n) is 11.3. The first-order valence-corrected chi connectivity index (χ1v) is 13.2. The Bertz CT molecular complexity index is 1310. The summed E-state index contributed by atoms with van der Waals surface area (Å²) < 4.78 is 54.0. The zero-order chi connectivity index (χ0) is 25.5. The number of piperazine rings is 1. The van der Waals surface area contributed by atoms with E-state index in [4.69, 9.17) is 0 Å². The zero-order valence-corrected chi connectivity index (χ0v) is 21.2. The summed E-state index contributed by atoms with van der Waals surface area (Å²) in [6.45, 7) is 10.0. The van der Waals surface area contributed by atoms with E-state index in [9.17, 15) is 17.2 Å². The highest BCUT2D eigenvalue weighted by Gasteiger charge is 2.39. The van der Waals surface area contributed by atoms with Crippen LogP contribution in [-0.4, -0.2) is 81.4 Å². The van der Waals surface area contributed by atoms with Crippen LogP contribution in [0.1, 0.15) is 39.8 Å². The van der Waals surface area contributed by atoms with Crippen LogP contribution in [0.5, 0.6) is 0 Å². The van der Waals surface area contributed by atoms with E-state index in [1.165, 1.54) is 23.0 Å². The fraction of sp³-hybridized carbons (Fsp3) is 0.545. The molecule has 13 heteroatoms. The van der Waals surface area contributed by atoms with Gasteiger partial charge >= 0.3 is 0 Å². The maximum atomic E-state index is 13.2. The predicted molar refractivity (Wildman–Crippen MR) is 129 cm³/mol. The van der Waals surface area contributed by atoms with Crippen molar-refractivity contribution in [3.8, 4) is 11.4 Å². The minimum Gasteiger partial charge on any atom is -0.351 e. The number of nitrogens with one attached hydrogen (secondary N) is 1. The molecule has 0 aromatic carbocycles. The maximum absolute atomic E-state index is 13.2. The second kappa shape index (κ2) is 9.36. The van der Waals surface area contributed by atoms with Crippen LogP contribution in [0.15, 0.2) is 30.7 Å². The Balaban J connectivity index is 1.67. The van der Waals surface area contributed by atoms with E-state index >= 15 is 0 Å². The van der Waals surface area contributed by atoms with Gasteiger partial charge in [-0.1, -0.05) is 0 Å². The van der Waals surface area contributed by atoms with Gasteiger partial charge in [-0.15, -0.1) is 0 Å². The molecule has 1 N–H and O–H groups in total. The number of sulfonamides is 1. The lowest BCUT2D eigenvalue weighted by Crippen LogP contribution is -2.66. The molecule has 1 fully saturated rings. The predicted octanol–water partition coefficient (Wildman–Crippen LogP) is 2.35. The number of hydrogen-bond donors (Lipinski definition) is 1. The average molecular weight is 509 g/mol. The first-order chi connectivity index (χ1) is 16.3. The van der Waals surface area contributed by atoms with E-state index in [0.29, 0.717) is 35.9 Å². The number of aromatic nitrogens is 5. The lowest BCUT2D eigenvalue weighted by atomic mass is 9.95. The number of anilines is 1. The standard InChI is InChI=1S/C22H30F2N8O2S/c1-14-17(12-28-35(5,33)34)31(22(2,3)4)9-8-30(14)20-10-16(26-13-27-20)18-11-25-19-7-6-15(21(23)24)29-32(18)19/h6-7,10-11,13-14,17,21,28H,8-9,12H2,1-5H3. The molecule has 0 saturated carbocycles. The molecule has 2 atom stereocenters. The van der Waals surface area contributed by atoms with Crippen molar-refractivity contribution in [2.45, 2.75) is 51.7 Å². The fourth-order valence-corrected chi connectivity index (χ4v) is 5.02. The van der Waals surface area contributed by atoms with Crippen molar-refractivity contribution in [2.24, 2.45) is 0 Å². The van der Waals surface area contributed by atoms with Crippen LogP contribution in [-0.2, 0) is 10.0 Å². The first kappa shape index (κ1) is 25.3. The summed E-state index contributed by atoms with van der Waals surface area (Å²) >= 11 is 0. The summed E-state index contributed by atoms with van der Waals surface area (Å²) in [5.74, 6) is 0.653. The van der Waals surface area contributed by atoms with Crippen LogP contribution in [0.4, 0.5) is 14.6 Å². The van der Waals surface area contributed by atoms with Crippen LogP contribution in [0, 0.1) is 0 Å². The second-order valence-electron chi connectivity index (χ2n) is 9.72. The van der Waals surface area contributed by atoms with Crippen LogP contribution in [0.25, 0.3) is 17.0 Å². The van der Waals surface area contributed by atoms with Gasteiger partial charge in [0.2, 0.25) is 10.0 Å². The van der Waals surface area contributed by atoms with Crippen molar-refractivity contribution in [3.05, 3.63) is 36.4 Å². The van der Waals surface area contributed by atoms with Crippen molar-refractivity contribution in [3.63, 3.8) is 0 Å². The largest absolute Gasteiger partial charge is 0.351 e. The Labute approximate surface area is 203 Å². The molecule has 0 amide bonds. The summed E-state index contributed by atoms with van der Waals surface area (Å²) in [5.41, 5.74) is 0.897. The molecule has 3 aromatic heterocycles. The lowest BCUT2D eigenvalue weighted by molar-refractivity contribution is 0.0531. The number of rotatable bonds is 6. The topological polar surface area (TPSA) is 109 Å². The molecule has 35 heavy (non-hydrogen) atoms. The Morgan fingerprint density at radius 1 is 1.17 bits per heavy atom. The minimum atomic E-state index is -3.36. The molecular formula is C22H30F2N8O2S. The molecule has 2 unspecified atom stereocenters. The smallest absolute Gasteiger partial charge is 0.282 e. The van der Waals surface area contributed by atoms with Gasteiger partial charge < -0.3 is 4.90 Å². The second-order valence-corrected chi connectivity index (χ2v) is 11.6. The van der Waals surface area contributed by atoms with Crippen molar-refractivity contribution in [2.75, 3.05) is 30.8 Å². The quantitative estimate of drug-likeness (QED) is 0.541. The highest BCUT2D eigenvalue weighted by molar-refractivity contribution is 7.88. The van der Waals surface area contributed by atoms with Gasteiger partial charge in [0.15, 0.2) is 5.65 Å². The van der Waals surface area contributed by atoms with Gasteiger partial charge in [-0.25, -0.2) is 41.4 Å². The third kappa shape index (κ3) is 5.41. The summed E-state index contributed by atoms with van der Waals surface area (Å²) in [7, 11) is -3.36. The molecule has 1 aliphatic rings. The Morgan fingerprint density at radius 3 is 2.57 bits per heavy atom. The SMILES string of the molecule is CC1C(CNS(C)(=O)=O)N(C(C)(C)C)CCN1c1cc(-c2cnc3ccc(C(F)F)nn23)ncn1. The van der Waals surface area contributed by atoms with Crippen molar-refractivity contribution < 1.29 is 17.2 Å². The Hall–Kier alpha value is -2.77. The fourth-order valence-electron chi connectivity index (χ4n) is 4.55. The lowest BCUT2D eigenvalue weighted by Gasteiger charge is -2.52. The third-order valence-corrected chi connectivity index (χ3v) is 6.95. The molecule has 10 nitrogen and oxygen atoms in total. The van der Waals surface area contributed by atoms with Crippen LogP contribution in [0.3, 0.4) is 0 Å². The molecule has 0 spiro atoms. The summed E-state index contributed by atoms with van der Waals surface area (Å²) in [6, 6.07) is 4.34. The molecule has 0 bridgehead atoms. The molecule has 190 valence electrons. The summed E-state index contributed by atoms with van der Waals surface area (Å²) in [5, 5.41) is 4.02. The molecule has 0 aliphatic carbocycles. The highest BCUT2D eigenvalue weighted by Crippen LogP contribution is 2.30. The number of halogens is 2. The van der Waals surface area contributed by atoms with Gasteiger partial charge in [0.25, 0.3) is 6.43 Å². The molecule has 0 radical (unpaired) electrons. The summed E-state index contributed by atoms with van der Waals surface area (Å²) in [6.07, 6.45) is 1.42. The van der Waals surface area contributed by atoms with E-state index in [0.717, 1.165) is 6.26 Å². The third-order valence-electron chi connectivity index (χ3n) is 6.26. The minimum absolute atomic E-state index is 0.0780. The van der Waals surface area contributed by atoms with E-state index in [1.807, 2.05) is 6.92 Å². The monoisotopic (exact) mass is 508 g/mol. The van der Waals surface area contributed by atoms with E-state index in [1.54, 1.807) is 12.3 Å². The number of nitrogens with zero attached hydrogens (tertiary/aromatic N) is 7. The maximum Gasteiger partial charge on any atom is 0.282 e. The van der Waals surface area contributed by atoms with Crippen LogP contribution >= 0.6 is 0 Å². The number of fused-ring (bicyclic) bond motifs is 1. The average Bonchev–Trinajstić information content (AvgIpc) is 3.20. The molecule has 4 heterocycles. The highest BCUT2D eigenvalue weighted by atomic mass is 32.2. The van der Waals surface area contributed by atoms with Gasteiger partial charge in [0, 0.05) is 43.3 Å². The van der Waals surface area contributed by atoms with Gasteiger partial charge in [-0.3, -0.25) is 4.90 Å². The number of imidazole rings is 1. The molecule has 4 rings (SSSR count). The molecule has 3 aromatic rings. The summed E-state index contributed by atoms with van der Waals surface area (Å²) in [4.78, 5) is 17.5. The molecule has 1 saturated heterocycles. The van der Waals surface area contributed by atoms with E-state index < -0.39 is 16.4 Å². The number of alkyl halides is 2. The van der Waals surface area contributed by atoms with E-state index in [2.05, 4.69) is 55.3 Å². The number of hydrogen-bond acceptors (Lipinski definition) is 8. The van der Waals surface area contributed by atoms with Gasteiger partial charge in [0.05, 0.1) is 18.1 Å². The normalized spacial score (nSPS) is 20.2. The van der Waals surface area contributed by atoms with Crippen molar-refractivity contribution >= 4 is 21.5 Å². The van der Waals surface area contributed by atoms with Gasteiger partial charge in [-0.05, 0) is 39.8 Å².